The van der Waals surface area contributed by atoms with E-state index in [9.17, 15) is 9.18 Å². The van der Waals surface area contributed by atoms with Crippen molar-refractivity contribution in [3.05, 3.63) is 69.9 Å². The third-order valence-corrected chi connectivity index (χ3v) is 6.13. The van der Waals surface area contributed by atoms with E-state index < -0.39 is 0 Å². The van der Waals surface area contributed by atoms with Gasteiger partial charge in [-0.25, -0.2) is 14.4 Å². The number of para-hydroxylation sites is 1. The summed E-state index contributed by atoms with van der Waals surface area (Å²) < 4.78 is 12.6. The Hall–Kier alpha value is -2.97. The Bertz CT molecular complexity index is 1110. The predicted octanol–water partition coefficient (Wildman–Crippen LogP) is 4.01. The van der Waals surface area contributed by atoms with Gasteiger partial charge in [0.2, 0.25) is 0 Å². The molecule has 2 N–H and O–H groups in total. The molecule has 7 nitrogen and oxygen atoms in total. The third kappa shape index (κ3) is 5.69. The summed E-state index contributed by atoms with van der Waals surface area (Å²) in [7, 11) is 0. The number of aromatic nitrogens is 3. The molecule has 33 heavy (non-hydrogen) atoms. The van der Waals surface area contributed by atoms with Gasteiger partial charge >= 0.3 is 0 Å². The largest absolute Gasteiger partial charge is 0.364 e. The molecular formula is C24H28ClFN6O. The first-order chi connectivity index (χ1) is 15.9. The number of hydrogen-bond donors (Lipinski definition) is 2. The van der Waals surface area contributed by atoms with Crippen LogP contribution in [0.2, 0.25) is 5.02 Å². The lowest BCUT2D eigenvalue weighted by molar-refractivity contribution is 0.102. The summed E-state index contributed by atoms with van der Waals surface area (Å²) in [6, 6.07) is 9.33. The molecule has 3 aromatic rings. The Labute approximate surface area is 198 Å². The average molecular weight is 470 g/mol. The van der Waals surface area contributed by atoms with E-state index in [1.54, 1.807) is 12.3 Å². The van der Waals surface area contributed by atoms with Crippen LogP contribution in [0.15, 0.2) is 36.5 Å². The van der Waals surface area contributed by atoms with Crippen LogP contribution in [0.5, 0.6) is 0 Å². The van der Waals surface area contributed by atoms with Crippen LogP contribution < -0.4 is 10.2 Å². The van der Waals surface area contributed by atoms with Gasteiger partial charge in [-0.2, -0.15) is 0 Å². The monoisotopic (exact) mass is 469 g/mol. The first-order valence-corrected chi connectivity index (χ1v) is 11.4. The third-order valence-electron chi connectivity index (χ3n) is 5.81. The van der Waals surface area contributed by atoms with Crippen molar-refractivity contribution < 1.29 is 9.18 Å². The van der Waals surface area contributed by atoms with Crippen LogP contribution in [0.25, 0.3) is 0 Å². The molecule has 0 spiro atoms. The van der Waals surface area contributed by atoms with Crippen LogP contribution in [0.4, 0.5) is 15.9 Å². The van der Waals surface area contributed by atoms with E-state index in [-0.39, 0.29) is 12.6 Å². The molecule has 1 aliphatic rings. The average Bonchev–Trinajstić information content (AvgIpc) is 3.25. The number of nitrogens with zero attached hydrogens (tertiary/aromatic N) is 4. The van der Waals surface area contributed by atoms with E-state index in [0.717, 1.165) is 48.9 Å². The SMILES string of the molecule is Cc1nc(Cc2cc(C(=O)Nc3c(C)cccc3Cl)c[nH]2)cc(N2CCN(CC[18F])CC2)n1. The number of alkyl halides is 1. The van der Waals surface area contributed by atoms with Crippen molar-refractivity contribution in [2.75, 3.05) is 49.6 Å². The molecule has 1 saturated heterocycles. The van der Waals surface area contributed by atoms with Crippen molar-refractivity contribution in [1.29, 1.82) is 0 Å². The number of aromatic amines is 1. The highest BCUT2D eigenvalue weighted by Gasteiger charge is 2.19. The molecule has 1 amide bonds. The minimum absolute atomic E-state index is 0.223. The topological polar surface area (TPSA) is 77.2 Å². The molecular weight excluding hydrogens is 442 g/mol. The molecule has 174 valence electrons. The maximum atomic E-state index is 12.7. The summed E-state index contributed by atoms with van der Waals surface area (Å²) in [6.45, 7) is 7.22. The van der Waals surface area contributed by atoms with Crippen molar-refractivity contribution in [2.24, 2.45) is 0 Å². The summed E-state index contributed by atoms with van der Waals surface area (Å²) in [6.07, 6.45) is 2.24. The summed E-state index contributed by atoms with van der Waals surface area (Å²) in [5.74, 6) is 1.36. The van der Waals surface area contributed by atoms with Gasteiger partial charge in [-0.3, -0.25) is 9.69 Å². The molecule has 1 aromatic carbocycles. The van der Waals surface area contributed by atoms with E-state index >= 15 is 0 Å². The van der Waals surface area contributed by atoms with Crippen molar-refractivity contribution in [3.63, 3.8) is 0 Å². The number of H-pyrrole nitrogens is 1. The summed E-state index contributed by atoms with van der Waals surface area (Å²) >= 11 is 6.23. The highest BCUT2D eigenvalue weighted by atomic mass is 35.5. The Morgan fingerprint density at radius 1 is 1.18 bits per heavy atom. The normalized spacial score (nSPS) is 14.5. The molecule has 0 radical (unpaired) electrons. The molecule has 1 fully saturated rings. The first-order valence-electron chi connectivity index (χ1n) is 11.0. The van der Waals surface area contributed by atoms with Gasteiger partial charge in [0.1, 0.15) is 18.3 Å². The number of amides is 1. The minimum Gasteiger partial charge on any atom is -0.364 e. The van der Waals surface area contributed by atoms with E-state index in [2.05, 4.69) is 30.1 Å². The van der Waals surface area contributed by atoms with Gasteiger partial charge in [-0.15, -0.1) is 0 Å². The van der Waals surface area contributed by atoms with Crippen molar-refractivity contribution in [3.8, 4) is 0 Å². The van der Waals surface area contributed by atoms with Crippen LogP contribution >= 0.6 is 11.6 Å². The minimum atomic E-state index is -0.315. The smallest absolute Gasteiger partial charge is 0.257 e. The van der Waals surface area contributed by atoms with Gasteiger partial charge < -0.3 is 15.2 Å². The molecule has 0 bridgehead atoms. The van der Waals surface area contributed by atoms with Gasteiger partial charge in [0, 0.05) is 57.1 Å². The van der Waals surface area contributed by atoms with Crippen LogP contribution in [0, 0.1) is 13.8 Å². The van der Waals surface area contributed by atoms with E-state index in [4.69, 9.17) is 11.6 Å². The lowest BCUT2D eigenvalue weighted by Gasteiger charge is -2.35. The van der Waals surface area contributed by atoms with E-state index in [1.165, 1.54) is 0 Å². The summed E-state index contributed by atoms with van der Waals surface area (Å²) in [4.78, 5) is 29.4. The van der Waals surface area contributed by atoms with Crippen LogP contribution in [-0.4, -0.2) is 65.2 Å². The molecule has 1 aliphatic heterocycles. The number of carbonyl (C=O) groups excluding carboxylic acids is 1. The molecule has 4 rings (SSSR count). The maximum absolute atomic E-state index is 12.7. The highest BCUT2D eigenvalue weighted by molar-refractivity contribution is 6.34. The Morgan fingerprint density at radius 2 is 1.97 bits per heavy atom. The van der Waals surface area contributed by atoms with Crippen molar-refractivity contribution >= 4 is 29.0 Å². The number of rotatable bonds is 7. The van der Waals surface area contributed by atoms with Gasteiger partial charge in [-0.05, 0) is 31.5 Å². The van der Waals surface area contributed by atoms with Crippen molar-refractivity contribution in [2.45, 2.75) is 20.3 Å². The van der Waals surface area contributed by atoms with Crippen molar-refractivity contribution in [1.82, 2.24) is 19.9 Å². The lowest BCUT2D eigenvalue weighted by Crippen LogP contribution is -2.47. The van der Waals surface area contributed by atoms with Gasteiger partial charge in [0.15, 0.2) is 0 Å². The maximum Gasteiger partial charge on any atom is 0.257 e. The second-order valence-electron chi connectivity index (χ2n) is 8.26. The first kappa shape index (κ1) is 23.2. The molecule has 0 saturated carbocycles. The Kier molecular flexibility index (Phi) is 7.25. The molecule has 9 heteroatoms. The molecule has 2 aromatic heterocycles. The van der Waals surface area contributed by atoms with Gasteiger partial charge in [-0.1, -0.05) is 23.7 Å². The zero-order chi connectivity index (χ0) is 23.4. The number of nitrogens with one attached hydrogen (secondary N) is 2. The van der Waals surface area contributed by atoms with Crippen LogP contribution in [-0.2, 0) is 6.42 Å². The van der Waals surface area contributed by atoms with Gasteiger partial charge in [0.25, 0.3) is 5.91 Å². The number of piperazine rings is 1. The number of aryl methyl sites for hydroxylation is 2. The number of benzene rings is 1. The predicted molar refractivity (Wildman–Crippen MR) is 129 cm³/mol. The quantitative estimate of drug-likeness (QED) is 0.546. The summed E-state index contributed by atoms with van der Waals surface area (Å²) in [5, 5.41) is 3.40. The molecule has 3 heterocycles. The highest BCUT2D eigenvalue weighted by Crippen LogP contribution is 2.26. The number of hydrogen-bond acceptors (Lipinski definition) is 5. The van der Waals surface area contributed by atoms with Crippen LogP contribution in [0.1, 0.15) is 33.1 Å². The second-order valence-corrected chi connectivity index (χ2v) is 8.67. The fourth-order valence-electron chi connectivity index (χ4n) is 4.03. The van der Waals surface area contributed by atoms with E-state index in [0.29, 0.717) is 35.1 Å². The number of anilines is 2. The van der Waals surface area contributed by atoms with Crippen LogP contribution in [0.3, 0.4) is 0 Å². The standard InChI is InChI=1S/C24H28ClFN6O/c1-16-4-3-5-21(25)23(16)30-24(33)18-12-19(27-15-18)13-20-14-22(29-17(2)28-20)32-10-8-31(7-6-26)9-11-32/h3-5,12,14-15,27H,6-11,13H2,1-2H3,(H,30,33)/i26-1. The number of halogens is 2. The van der Waals surface area contributed by atoms with E-state index in [1.807, 2.05) is 38.1 Å². The summed E-state index contributed by atoms with van der Waals surface area (Å²) in [5.41, 5.74) is 3.81. The Morgan fingerprint density at radius 3 is 2.70 bits per heavy atom. The Balaban J connectivity index is 1.43. The zero-order valence-electron chi connectivity index (χ0n) is 18.9. The lowest BCUT2D eigenvalue weighted by atomic mass is 10.1. The second kappa shape index (κ2) is 10.3. The van der Waals surface area contributed by atoms with Gasteiger partial charge in [0.05, 0.1) is 22.0 Å². The fourth-order valence-corrected chi connectivity index (χ4v) is 4.30. The molecule has 0 atom stereocenters. The fraction of sp³-hybridized carbons (Fsp3) is 0.375. The molecule has 0 unspecified atom stereocenters. The molecule has 0 aliphatic carbocycles. The number of carbonyl (C=O) groups is 1. The zero-order valence-corrected chi connectivity index (χ0v) is 19.6.